The van der Waals surface area contributed by atoms with E-state index in [4.69, 9.17) is 18.6 Å². The van der Waals surface area contributed by atoms with Crippen LogP contribution in [0.15, 0.2) is 34.9 Å². The van der Waals surface area contributed by atoms with Gasteiger partial charge in [-0.1, -0.05) is 0 Å². The summed E-state index contributed by atoms with van der Waals surface area (Å²) in [4.78, 5) is 25.0. The fourth-order valence-corrected chi connectivity index (χ4v) is 4.11. The number of rotatable bonds is 8. The van der Waals surface area contributed by atoms with Gasteiger partial charge in [-0.05, 0) is 44.9 Å². The van der Waals surface area contributed by atoms with Crippen LogP contribution in [-0.4, -0.2) is 42.7 Å². The summed E-state index contributed by atoms with van der Waals surface area (Å²) in [6, 6.07) is 7.27. The van der Waals surface area contributed by atoms with E-state index < -0.39 is 5.97 Å². The Kier molecular flexibility index (Phi) is 6.13. The van der Waals surface area contributed by atoms with Crippen molar-refractivity contribution in [2.24, 2.45) is 0 Å². The molecule has 3 aromatic rings. The molecule has 2 aromatic heterocycles. The number of carbonyl (C=O) groups is 2. The fraction of sp³-hybridized carbons (Fsp3) is 0.417. The van der Waals surface area contributed by atoms with Crippen LogP contribution in [0.4, 0.5) is 0 Å². The van der Waals surface area contributed by atoms with Crippen molar-refractivity contribution in [2.75, 3.05) is 20.3 Å². The second kappa shape index (κ2) is 8.98. The van der Waals surface area contributed by atoms with E-state index in [1.165, 1.54) is 6.26 Å². The van der Waals surface area contributed by atoms with E-state index in [-0.39, 0.29) is 24.9 Å². The molecule has 1 aromatic carbocycles. The Morgan fingerprint density at radius 3 is 2.81 bits per heavy atom. The number of fused-ring (bicyclic) bond motifs is 1. The van der Waals surface area contributed by atoms with Crippen LogP contribution in [0.2, 0.25) is 0 Å². The molecule has 164 valence electrons. The van der Waals surface area contributed by atoms with Gasteiger partial charge in [0.2, 0.25) is 5.78 Å². The number of ether oxygens (including phenoxy) is 3. The zero-order valence-corrected chi connectivity index (χ0v) is 18.1. The van der Waals surface area contributed by atoms with Gasteiger partial charge < -0.3 is 23.2 Å². The van der Waals surface area contributed by atoms with Gasteiger partial charge in [-0.15, -0.1) is 0 Å². The number of benzene rings is 1. The van der Waals surface area contributed by atoms with E-state index in [1.807, 2.05) is 32.0 Å². The van der Waals surface area contributed by atoms with Crippen LogP contribution in [0, 0.1) is 13.8 Å². The van der Waals surface area contributed by atoms with E-state index in [2.05, 4.69) is 4.57 Å². The first-order valence-corrected chi connectivity index (χ1v) is 10.5. The lowest BCUT2D eigenvalue weighted by Crippen LogP contribution is -2.18. The molecule has 0 saturated carbocycles. The molecule has 0 spiro atoms. The topological polar surface area (TPSA) is 79.9 Å². The highest BCUT2D eigenvalue weighted by atomic mass is 16.5. The summed E-state index contributed by atoms with van der Waals surface area (Å²) >= 11 is 0. The van der Waals surface area contributed by atoms with Gasteiger partial charge in [0.15, 0.2) is 6.61 Å². The normalized spacial score (nSPS) is 16.0. The molecule has 1 saturated heterocycles. The van der Waals surface area contributed by atoms with Gasteiger partial charge in [0.05, 0.1) is 25.9 Å². The first-order chi connectivity index (χ1) is 15.0. The van der Waals surface area contributed by atoms with Gasteiger partial charge >= 0.3 is 5.97 Å². The van der Waals surface area contributed by atoms with Gasteiger partial charge in [-0.3, -0.25) is 9.59 Å². The summed E-state index contributed by atoms with van der Waals surface area (Å²) < 4.78 is 23.8. The van der Waals surface area contributed by atoms with E-state index in [0.29, 0.717) is 22.5 Å². The molecule has 1 atom stereocenters. The van der Waals surface area contributed by atoms with Gasteiger partial charge in [0.1, 0.15) is 11.3 Å². The fourth-order valence-electron chi connectivity index (χ4n) is 4.11. The number of hydrogen-bond donors (Lipinski definition) is 0. The average Bonchev–Trinajstić information content (AvgIpc) is 3.48. The van der Waals surface area contributed by atoms with Crippen LogP contribution in [0.3, 0.4) is 0 Å². The van der Waals surface area contributed by atoms with Gasteiger partial charge in [0.25, 0.3) is 0 Å². The molecule has 0 N–H and O–H groups in total. The van der Waals surface area contributed by atoms with Crippen molar-refractivity contribution < 1.29 is 28.2 Å². The Morgan fingerprint density at radius 1 is 1.23 bits per heavy atom. The number of furan rings is 1. The Balaban J connectivity index is 1.37. The van der Waals surface area contributed by atoms with E-state index >= 15 is 0 Å². The van der Waals surface area contributed by atoms with Gasteiger partial charge in [-0.2, -0.15) is 0 Å². The summed E-state index contributed by atoms with van der Waals surface area (Å²) in [5.41, 5.74) is 3.82. The van der Waals surface area contributed by atoms with Crippen molar-refractivity contribution in [3.63, 3.8) is 0 Å². The maximum atomic E-state index is 12.7. The summed E-state index contributed by atoms with van der Waals surface area (Å²) in [5.74, 6) is 0.000488. The lowest BCUT2D eigenvalue weighted by atomic mass is 10.1. The summed E-state index contributed by atoms with van der Waals surface area (Å²) in [6.45, 7) is 5.15. The largest absolute Gasteiger partial charge is 0.497 e. The Labute approximate surface area is 180 Å². The number of aromatic nitrogens is 1. The first-order valence-electron chi connectivity index (χ1n) is 10.5. The van der Waals surface area contributed by atoms with Crippen molar-refractivity contribution in [1.82, 2.24) is 4.57 Å². The van der Waals surface area contributed by atoms with Crippen molar-refractivity contribution in [1.29, 1.82) is 0 Å². The monoisotopic (exact) mass is 425 g/mol. The van der Waals surface area contributed by atoms with Crippen LogP contribution in [0.5, 0.6) is 5.75 Å². The molecule has 7 nitrogen and oxygen atoms in total. The molecule has 4 rings (SSSR count). The highest BCUT2D eigenvalue weighted by molar-refractivity contribution is 5.99. The first kappa shape index (κ1) is 21.2. The molecule has 0 bridgehead atoms. The van der Waals surface area contributed by atoms with Crippen LogP contribution in [-0.2, 0) is 27.2 Å². The van der Waals surface area contributed by atoms with Crippen LogP contribution >= 0.6 is 0 Å². The van der Waals surface area contributed by atoms with E-state index in [1.54, 1.807) is 13.2 Å². The number of nitrogens with zero attached hydrogens (tertiary/aromatic N) is 1. The molecule has 3 heterocycles. The molecule has 7 heteroatoms. The van der Waals surface area contributed by atoms with Crippen LogP contribution in [0.25, 0.3) is 11.0 Å². The quantitative estimate of drug-likeness (QED) is 0.401. The summed E-state index contributed by atoms with van der Waals surface area (Å²) in [7, 11) is 1.58. The Morgan fingerprint density at radius 2 is 2.06 bits per heavy atom. The van der Waals surface area contributed by atoms with Crippen molar-refractivity contribution in [3.05, 3.63) is 53.0 Å². The van der Waals surface area contributed by atoms with Gasteiger partial charge in [0, 0.05) is 47.1 Å². The third-order valence-corrected chi connectivity index (χ3v) is 5.85. The average molecular weight is 425 g/mol. The number of ketones is 1. The second-order valence-corrected chi connectivity index (χ2v) is 7.91. The number of carbonyl (C=O) groups excluding carboxylic acids is 2. The third-order valence-electron chi connectivity index (χ3n) is 5.85. The van der Waals surface area contributed by atoms with Crippen molar-refractivity contribution in [2.45, 2.75) is 45.8 Å². The number of methoxy groups -OCH3 is 1. The predicted octanol–water partition coefficient (Wildman–Crippen LogP) is 4.01. The Hall–Kier alpha value is -3.06. The number of Topliss-reactive ketones (excluding diaryl/α,β-unsaturated/α-hetero) is 1. The molecule has 1 fully saturated rings. The zero-order chi connectivity index (χ0) is 22.0. The second-order valence-electron chi connectivity index (χ2n) is 7.91. The smallest absolute Gasteiger partial charge is 0.310 e. The van der Waals surface area contributed by atoms with Crippen LogP contribution < -0.4 is 4.74 Å². The maximum Gasteiger partial charge on any atom is 0.310 e. The van der Waals surface area contributed by atoms with E-state index in [9.17, 15) is 9.59 Å². The minimum absolute atomic E-state index is 0.0324. The predicted molar refractivity (Wildman–Crippen MR) is 115 cm³/mol. The van der Waals surface area contributed by atoms with Crippen molar-refractivity contribution in [3.8, 4) is 5.75 Å². The molecule has 0 radical (unpaired) electrons. The van der Waals surface area contributed by atoms with Crippen molar-refractivity contribution >= 4 is 22.7 Å². The number of aryl methyl sites for hydroxylation is 1. The molecule has 0 amide bonds. The molecule has 31 heavy (non-hydrogen) atoms. The lowest BCUT2D eigenvalue weighted by molar-refractivity contribution is -0.141. The summed E-state index contributed by atoms with van der Waals surface area (Å²) in [6.07, 6.45) is 3.87. The molecule has 0 aliphatic carbocycles. The SMILES string of the molecule is COc1ccc2c(CC(=O)OCC(=O)c3cc(C)n(CC4CCCO4)c3C)coc2c1. The highest BCUT2D eigenvalue weighted by Gasteiger charge is 2.22. The molecular weight excluding hydrogens is 398 g/mol. The minimum atomic E-state index is -0.472. The van der Waals surface area contributed by atoms with Crippen LogP contribution in [0.1, 0.15) is 40.2 Å². The van der Waals surface area contributed by atoms with Gasteiger partial charge in [-0.25, -0.2) is 0 Å². The molecular formula is C24H27NO6. The maximum absolute atomic E-state index is 12.7. The molecule has 1 aliphatic rings. The minimum Gasteiger partial charge on any atom is -0.497 e. The zero-order valence-electron chi connectivity index (χ0n) is 18.1. The highest BCUT2D eigenvalue weighted by Crippen LogP contribution is 2.26. The molecule has 1 unspecified atom stereocenters. The number of hydrogen-bond acceptors (Lipinski definition) is 6. The standard InChI is InChI=1S/C24H27NO6/c1-15-9-21(16(2)25(15)12-19-5-4-8-29-19)22(26)14-31-24(27)10-17-13-30-23-11-18(28-3)6-7-20(17)23/h6-7,9,11,13,19H,4-5,8,10,12,14H2,1-3H3. The summed E-state index contributed by atoms with van der Waals surface area (Å²) in [5, 5.41) is 0.821. The number of esters is 1. The lowest BCUT2D eigenvalue weighted by Gasteiger charge is -2.14. The van der Waals surface area contributed by atoms with E-state index in [0.717, 1.165) is 42.8 Å². The third kappa shape index (κ3) is 4.51. The molecule has 1 aliphatic heterocycles. The Bertz CT molecular complexity index is 1100.